The molecule has 1 aliphatic heterocycles. The van der Waals surface area contributed by atoms with Crippen molar-refractivity contribution in [2.24, 2.45) is 5.92 Å². The van der Waals surface area contributed by atoms with Crippen LogP contribution in [0.5, 0.6) is 0 Å². The third-order valence-electron chi connectivity index (χ3n) is 4.19. The number of nitrogens with zero attached hydrogens (tertiary/aromatic N) is 4. The number of aryl methyl sites for hydroxylation is 2. The minimum Gasteiger partial charge on any atom is -0.355 e. The Kier molecular flexibility index (Phi) is 4.94. The molecule has 0 unspecified atom stereocenters. The molecule has 0 spiro atoms. The number of aromatic nitrogens is 3. The van der Waals surface area contributed by atoms with Crippen molar-refractivity contribution in [3.8, 4) is 0 Å². The van der Waals surface area contributed by atoms with Gasteiger partial charge in [0, 0.05) is 31.4 Å². The van der Waals surface area contributed by atoms with E-state index in [1.54, 1.807) is 18.3 Å². The van der Waals surface area contributed by atoms with Gasteiger partial charge in [0.15, 0.2) is 0 Å². The molecule has 0 saturated carbocycles. The van der Waals surface area contributed by atoms with Crippen molar-refractivity contribution in [1.29, 1.82) is 0 Å². The molecule has 0 aromatic carbocycles. The molecular weight excluding hydrogens is 326 g/mol. The zero-order valence-corrected chi connectivity index (χ0v) is 14.5. The summed E-state index contributed by atoms with van der Waals surface area (Å²) in [5.41, 5.74) is 1.83. The van der Waals surface area contributed by atoms with Crippen LogP contribution >= 0.6 is 11.6 Å². The first kappa shape index (κ1) is 16.6. The van der Waals surface area contributed by atoms with Crippen molar-refractivity contribution in [1.82, 2.24) is 15.0 Å². The third-order valence-corrected chi connectivity index (χ3v) is 4.42. The summed E-state index contributed by atoms with van der Waals surface area (Å²) in [4.78, 5) is 27.6. The van der Waals surface area contributed by atoms with Gasteiger partial charge < -0.3 is 10.2 Å². The van der Waals surface area contributed by atoms with E-state index in [0.717, 1.165) is 43.1 Å². The first-order valence-electron chi connectivity index (χ1n) is 8.00. The molecular formula is C17H20ClN5O. The fraction of sp³-hybridized carbons (Fsp3) is 0.412. The largest absolute Gasteiger partial charge is 0.355 e. The molecule has 3 rings (SSSR count). The average Bonchev–Trinajstić information content (AvgIpc) is 2.59. The highest BCUT2D eigenvalue weighted by Crippen LogP contribution is 2.24. The van der Waals surface area contributed by atoms with Crippen LogP contribution in [0.2, 0.25) is 5.02 Å². The van der Waals surface area contributed by atoms with Crippen LogP contribution in [0.15, 0.2) is 24.5 Å². The van der Waals surface area contributed by atoms with Gasteiger partial charge in [0.2, 0.25) is 5.91 Å². The maximum Gasteiger partial charge on any atom is 0.228 e. The molecule has 6 nitrogen and oxygen atoms in total. The zero-order valence-electron chi connectivity index (χ0n) is 13.8. The lowest BCUT2D eigenvalue weighted by Crippen LogP contribution is -2.39. The molecule has 1 amide bonds. The van der Waals surface area contributed by atoms with Gasteiger partial charge >= 0.3 is 0 Å². The Morgan fingerprint density at radius 1 is 1.21 bits per heavy atom. The molecule has 2 aromatic heterocycles. The number of piperidine rings is 1. The molecule has 126 valence electrons. The molecule has 0 radical (unpaired) electrons. The monoisotopic (exact) mass is 345 g/mol. The molecule has 1 N–H and O–H groups in total. The van der Waals surface area contributed by atoms with Crippen molar-refractivity contribution in [3.05, 3.63) is 40.9 Å². The molecule has 1 fully saturated rings. The molecule has 7 heteroatoms. The van der Waals surface area contributed by atoms with Crippen LogP contribution < -0.4 is 10.2 Å². The minimum absolute atomic E-state index is 0.0107. The number of carbonyl (C=O) groups is 1. The second kappa shape index (κ2) is 7.13. The summed E-state index contributed by atoms with van der Waals surface area (Å²) in [5, 5.41) is 3.41. The maximum absolute atomic E-state index is 12.4. The Balaban J connectivity index is 1.59. The fourth-order valence-electron chi connectivity index (χ4n) is 2.86. The molecule has 3 heterocycles. The highest BCUT2D eigenvalue weighted by Gasteiger charge is 2.26. The Morgan fingerprint density at radius 2 is 1.96 bits per heavy atom. The molecule has 24 heavy (non-hydrogen) atoms. The van der Waals surface area contributed by atoms with E-state index in [4.69, 9.17) is 11.6 Å². The van der Waals surface area contributed by atoms with Crippen LogP contribution in [0, 0.1) is 19.8 Å². The van der Waals surface area contributed by atoms with Crippen molar-refractivity contribution in [2.75, 3.05) is 23.3 Å². The summed E-state index contributed by atoms with van der Waals surface area (Å²) in [5.74, 6) is 1.45. The molecule has 1 aliphatic rings. The first-order valence-corrected chi connectivity index (χ1v) is 8.38. The first-order chi connectivity index (χ1) is 11.5. The van der Waals surface area contributed by atoms with E-state index in [9.17, 15) is 4.79 Å². The van der Waals surface area contributed by atoms with Gasteiger partial charge in [-0.3, -0.25) is 9.78 Å². The van der Waals surface area contributed by atoms with E-state index in [1.807, 2.05) is 13.8 Å². The van der Waals surface area contributed by atoms with Gasteiger partial charge in [0.05, 0.1) is 16.4 Å². The lowest BCUT2D eigenvalue weighted by atomic mass is 9.96. The SMILES string of the molecule is Cc1cnc(C)c(N2CCC(C(=O)Nc3ccc(Cl)cn3)CC2)n1. The smallest absolute Gasteiger partial charge is 0.228 e. The molecule has 0 bridgehead atoms. The van der Waals surface area contributed by atoms with Crippen LogP contribution in [-0.2, 0) is 4.79 Å². The second-order valence-corrected chi connectivity index (χ2v) is 6.47. The highest BCUT2D eigenvalue weighted by molar-refractivity contribution is 6.30. The van der Waals surface area contributed by atoms with Gasteiger partial charge in [-0.25, -0.2) is 9.97 Å². The van der Waals surface area contributed by atoms with Crippen LogP contribution in [0.1, 0.15) is 24.2 Å². The molecule has 1 saturated heterocycles. The summed E-state index contributed by atoms with van der Waals surface area (Å²) in [6, 6.07) is 3.42. The van der Waals surface area contributed by atoms with Gasteiger partial charge in [-0.15, -0.1) is 0 Å². The van der Waals surface area contributed by atoms with Crippen LogP contribution in [0.25, 0.3) is 0 Å². The second-order valence-electron chi connectivity index (χ2n) is 6.03. The maximum atomic E-state index is 12.4. The van der Waals surface area contributed by atoms with Crippen LogP contribution in [0.4, 0.5) is 11.6 Å². The van der Waals surface area contributed by atoms with Gasteiger partial charge in [-0.1, -0.05) is 11.6 Å². The van der Waals surface area contributed by atoms with Gasteiger partial charge in [-0.2, -0.15) is 0 Å². The van der Waals surface area contributed by atoms with Crippen LogP contribution in [-0.4, -0.2) is 33.9 Å². The van der Waals surface area contributed by atoms with Crippen molar-refractivity contribution < 1.29 is 4.79 Å². The lowest BCUT2D eigenvalue weighted by Gasteiger charge is -2.32. The Bertz CT molecular complexity index is 726. The van der Waals surface area contributed by atoms with Crippen molar-refractivity contribution in [3.63, 3.8) is 0 Å². The standard InChI is InChI=1S/C17H20ClN5O/c1-11-9-19-12(2)16(21-11)23-7-5-13(6-8-23)17(24)22-15-4-3-14(18)10-20-15/h3-4,9-10,13H,5-8H2,1-2H3,(H,20,22,24). The van der Waals surface area contributed by atoms with E-state index in [-0.39, 0.29) is 11.8 Å². The number of hydrogen-bond acceptors (Lipinski definition) is 5. The molecule has 0 atom stereocenters. The lowest BCUT2D eigenvalue weighted by molar-refractivity contribution is -0.120. The number of rotatable bonds is 3. The highest BCUT2D eigenvalue weighted by atomic mass is 35.5. The number of pyridine rings is 1. The normalized spacial score (nSPS) is 15.4. The zero-order chi connectivity index (χ0) is 17.1. The number of nitrogens with one attached hydrogen (secondary N) is 1. The number of hydrogen-bond donors (Lipinski definition) is 1. The predicted molar refractivity (Wildman–Crippen MR) is 94.3 cm³/mol. The topological polar surface area (TPSA) is 71.0 Å². The Hall–Kier alpha value is -2.21. The Morgan fingerprint density at radius 3 is 2.62 bits per heavy atom. The average molecular weight is 346 g/mol. The van der Waals surface area contributed by atoms with E-state index >= 15 is 0 Å². The van der Waals surface area contributed by atoms with Gasteiger partial charge in [0.1, 0.15) is 11.6 Å². The minimum atomic E-state index is -0.0168. The summed E-state index contributed by atoms with van der Waals surface area (Å²) >= 11 is 5.80. The van der Waals surface area contributed by atoms with E-state index in [1.165, 1.54) is 6.20 Å². The van der Waals surface area contributed by atoms with E-state index in [0.29, 0.717) is 10.8 Å². The number of carbonyl (C=O) groups excluding carboxylic acids is 1. The summed E-state index contributed by atoms with van der Waals surface area (Å²) < 4.78 is 0. The summed E-state index contributed by atoms with van der Waals surface area (Å²) in [6.45, 7) is 5.50. The van der Waals surface area contributed by atoms with E-state index < -0.39 is 0 Å². The quantitative estimate of drug-likeness (QED) is 0.925. The van der Waals surface area contributed by atoms with Crippen molar-refractivity contribution in [2.45, 2.75) is 26.7 Å². The van der Waals surface area contributed by atoms with Gasteiger partial charge in [0.25, 0.3) is 0 Å². The number of amides is 1. The fourth-order valence-corrected chi connectivity index (χ4v) is 2.97. The van der Waals surface area contributed by atoms with Crippen LogP contribution in [0.3, 0.4) is 0 Å². The summed E-state index contributed by atoms with van der Waals surface area (Å²) in [6.07, 6.45) is 4.88. The van der Waals surface area contributed by atoms with Crippen molar-refractivity contribution >= 4 is 29.1 Å². The third kappa shape index (κ3) is 3.82. The Labute approximate surface area is 146 Å². The van der Waals surface area contributed by atoms with E-state index in [2.05, 4.69) is 25.2 Å². The number of halogens is 1. The predicted octanol–water partition coefficient (Wildman–Crippen LogP) is 3.00. The molecule has 2 aromatic rings. The molecule has 0 aliphatic carbocycles. The summed E-state index contributed by atoms with van der Waals surface area (Å²) in [7, 11) is 0. The number of anilines is 2. The van der Waals surface area contributed by atoms with Gasteiger partial charge in [-0.05, 0) is 38.8 Å².